The molecule has 1 aromatic rings. The van der Waals surface area contributed by atoms with E-state index in [1.54, 1.807) is 0 Å². The van der Waals surface area contributed by atoms with E-state index >= 15 is 0 Å². The van der Waals surface area contributed by atoms with Crippen molar-refractivity contribution in [2.24, 2.45) is 5.92 Å². The van der Waals surface area contributed by atoms with E-state index in [2.05, 4.69) is 12.2 Å². The minimum absolute atomic E-state index is 0.0176. The third-order valence-electron chi connectivity index (χ3n) is 3.20. The number of hydrogen-bond donors (Lipinski definition) is 1. The number of amides is 1. The molecular weight excluding hydrogens is 242 g/mol. The minimum atomic E-state index is -0.0382. The van der Waals surface area contributed by atoms with Crippen LogP contribution in [0.5, 0.6) is 5.75 Å². The maximum Gasteiger partial charge on any atom is 0.230 e. The van der Waals surface area contributed by atoms with E-state index < -0.39 is 0 Å². The molecule has 1 heterocycles. The first kappa shape index (κ1) is 13.9. The molecule has 1 N–H and O–H groups in total. The first-order valence-electron chi connectivity index (χ1n) is 6.91. The first-order valence-corrected chi connectivity index (χ1v) is 6.91. The normalized spacial score (nSPS) is 18.3. The molecule has 104 valence electrons. The van der Waals surface area contributed by atoms with E-state index in [-0.39, 0.29) is 11.8 Å². The van der Waals surface area contributed by atoms with E-state index in [1.807, 2.05) is 24.3 Å². The largest absolute Gasteiger partial charge is 0.491 e. The topological polar surface area (TPSA) is 47.6 Å². The molecule has 0 aromatic heterocycles. The molecule has 1 aromatic carbocycles. The second-order valence-electron chi connectivity index (χ2n) is 4.75. The summed E-state index contributed by atoms with van der Waals surface area (Å²) in [5.74, 6) is 0.718. The van der Waals surface area contributed by atoms with E-state index in [0.29, 0.717) is 19.8 Å². The lowest BCUT2D eigenvalue weighted by molar-refractivity contribution is -0.119. The van der Waals surface area contributed by atoms with Crippen molar-refractivity contribution in [3.8, 4) is 5.75 Å². The van der Waals surface area contributed by atoms with Crippen molar-refractivity contribution in [1.82, 2.24) is 0 Å². The van der Waals surface area contributed by atoms with E-state index in [4.69, 9.17) is 9.47 Å². The number of carbonyl (C=O) groups excluding carboxylic acids is 1. The summed E-state index contributed by atoms with van der Waals surface area (Å²) in [5.41, 5.74) is 0.746. The smallest absolute Gasteiger partial charge is 0.230 e. The molecule has 0 bridgehead atoms. The molecule has 4 heteroatoms. The summed E-state index contributed by atoms with van der Waals surface area (Å²) in [7, 11) is 0. The zero-order valence-electron chi connectivity index (χ0n) is 11.4. The predicted octanol–water partition coefficient (Wildman–Crippen LogP) is 2.84. The Labute approximate surface area is 114 Å². The predicted molar refractivity (Wildman–Crippen MR) is 74.4 cm³/mol. The molecule has 1 aliphatic rings. The van der Waals surface area contributed by atoms with Crippen LogP contribution in [0.1, 0.15) is 26.2 Å². The van der Waals surface area contributed by atoms with Crippen LogP contribution in [0.2, 0.25) is 0 Å². The third-order valence-corrected chi connectivity index (χ3v) is 3.20. The van der Waals surface area contributed by atoms with Gasteiger partial charge in [-0.15, -0.1) is 0 Å². The molecule has 1 saturated heterocycles. The zero-order chi connectivity index (χ0) is 13.5. The van der Waals surface area contributed by atoms with Crippen LogP contribution < -0.4 is 10.1 Å². The van der Waals surface area contributed by atoms with Gasteiger partial charge in [-0.2, -0.15) is 0 Å². The highest BCUT2D eigenvalue weighted by molar-refractivity contribution is 5.94. The maximum absolute atomic E-state index is 12.1. The van der Waals surface area contributed by atoms with E-state index in [9.17, 15) is 4.79 Å². The van der Waals surface area contributed by atoms with Crippen LogP contribution in [0.3, 0.4) is 0 Å². The number of para-hydroxylation sites is 2. The summed E-state index contributed by atoms with van der Waals surface area (Å²) >= 11 is 0. The summed E-state index contributed by atoms with van der Waals surface area (Å²) in [6.07, 6.45) is 2.90. The Bertz CT molecular complexity index is 414. The van der Waals surface area contributed by atoms with Crippen LogP contribution in [0, 0.1) is 5.92 Å². The van der Waals surface area contributed by atoms with Gasteiger partial charge in [-0.25, -0.2) is 0 Å². The number of anilines is 1. The van der Waals surface area contributed by atoms with Crippen LogP contribution in [0.4, 0.5) is 5.69 Å². The van der Waals surface area contributed by atoms with Gasteiger partial charge in [0.15, 0.2) is 0 Å². The highest BCUT2D eigenvalue weighted by Gasteiger charge is 2.24. The Hall–Kier alpha value is -1.55. The molecule has 1 atom stereocenters. The lowest BCUT2D eigenvalue weighted by atomic mass is 10.1. The highest BCUT2D eigenvalue weighted by atomic mass is 16.5. The summed E-state index contributed by atoms with van der Waals surface area (Å²) in [6.45, 7) is 3.99. The van der Waals surface area contributed by atoms with Crippen molar-refractivity contribution in [3.63, 3.8) is 0 Å². The van der Waals surface area contributed by atoms with Crippen LogP contribution in [-0.4, -0.2) is 25.7 Å². The number of ether oxygens (including phenoxy) is 2. The highest BCUT2D eigenvalue weighted by Crippen LogP contribution is 2.25. The quantitative estimate of drug-likeness (QED) is 0.803. The van der Waals surface area contributed by atoms with Gasteiger partial charge < -0.3 is 14.8 Å². The summed E-state index contributed by atoms with van der Waals surface area (Å²) in [6, 6.07) is 7.56. The van der Waals surface area contributed by atoms with Crippen molar-refractivity contribution in [3.05, 3.63) is 24.3 Å². The van der Waals surface area contributed by atoms with Gasteiger partial charge in [-0.1, -0.05) is 25.5 Å². The SMILES string of the molecule is CCCCOc1ccccc1NC(=O)C1CCOC1. The van der Waals surface area contributed by atoms with Crippen LogP contribution in [-0.2, 0) is 9.53 Å². The monoisotopic (exact) mass is 263 g/mol. The van der Waals surface area contributed by atoms with Crippen LogP contribution in [0.25, 0.3) is 0 Å². The van der Waals surface area contributed by atoms with Gasteiger partial charge in [0.05, 0.1) is 24.8 Å². The number of benzene rings is 1. The third kappa shape index (κ3) is 3.96. The Morgan fingerprint density at radius 1 is 1.47 bits per heavy atom. The number of rotatable bonds is 6. The molecule has 1 amide bonds. The molecule has 4 nitrogen and oxygen atoms in total. The molecule has 0 radical (unpaired) electrons. The second kappa shape index (κ2) is 7.14. The lowest BCUT2D eigenvalue weighted by Crippen LogP contribution is -2.23. The average Bonchev–Trinajstić information content (AvgIpc) is 2.95. The van der Waals surface area contributed by atoms with Crippen molar-refractivity contribution >= 4 is 11.6 Å². The van der Waals surface area contributed by atoms with Gasteiger partial charge in [0.1, 0.15) is 5.75 Å². The lowest BCUT2D eigenvalue weighted by Gasteiger charge is -2.14. The fraction of sp³-hybridized carbons (Fsp3) is 0.533. The summed E-state index contributed by atoms with van der Waals surface area (Å²) in [5, 5.41) is 2.94. The van der Waals surface area contributed by atoms with Crippen molar-refractivity contribution < 1.29 is 14.3 Å². The number of carbonyl (C=O) groups is 1. The van der Waals surface area contributed by atoms with E-state index in [0.717, 1.165) is 30.7 Å². The Morgan fingerprint density at radius 3 is 3.05 bits per heavy atom. The number of hydrogen-bond acceptors (Lipinski definition) is 3. The van der Waals surface area contributed by atoms with Gasteiger partial charge in [0, 0.05) is 6.61 Å². The van der Waals surface area contributed by atoms with E-state index in [1.165, 1.54) is 0 Å². The molecule has 1 unspecified atom stereocenters. The molecule has 0 aliphatic carbocycles. The number of unbranched alkanes of at least 4 members (excludes halogenated alkanes) is 1. The van der Waals surface area contributed by atoms with Crippen molar-refractivity contribution in [2.75, 3.05) is 25.1 Å². The van der Waals surface area contributed by atoms with Gasteiger partial charge >= 0.3 is 0 Å². The van der Waals surface area contributed by atoms with Gasteiger partial charge in [0.25, 0.3) is 0 Å². The molecule has 1 fully saturated rings. The van der Waals surface area contributed by atoms with Crippen LogP contribution in [0.15, 0.2) is 24.3 Å². The first-order chi connectivity index (χ1) is 9.31. The minimum Gasteiger partial charge on any atom is -0.491 e. The fourth-order valence-corrected chi connectivity index (χ4v) is 2.00. The average molecular weight is 263 g/mol. The summed E-state index contributed by atoms with van der Waals surface area (Å²) in [4.78, 5) is 12.1. The molecular formula is C15H21NO3. The Balaban J connectivity index is 1.96. The molecule has 0 spiro atoms. The maximum atomic E-state index is 12.1. The molecule has 19 heavy (non-hydrogen) atoms. The summed E-state index contributed by atoms with van der Waals surface area (Å²) < 4.78 is 10.9. The number of nitrogens with one attached hydrogen (secondary N) is 1. The van der Waals surface area contributed by atoms with Gasteiger partial charge in [-0.05, 0) is 25.0 Å². The molecule has 0 saturated carbocycles. The molecule has 1 aliphatic heterocycles. The fourth-order valence-electron chi connectivity index (χ4n) is 2.00. The second-order valence-corrected chi connectivity index (χ2v) is 4.75. The Morgan fingerprint density at radius 2 is 2.32 bits per heavy atom. The van der Waals surface area contributed by atoms with Gasteiger partial charge in [0.2, 0.25) is 5.91 Å². The van der Waals surface area contributed by atoms with Crippen molar-refractivity contribution in [2.45, 2.75) is 26.2 Å². The molecule has 2 rings (SSSR count). The van der Waals surface area contributed by atoms with Gasteiger partial charge in [-0.3, -0.25) is 4.79 Å². The van der Waals surface area contributed by atoms with Crippen LogP contribution >= 0.6 is 0 Å². The Kier molecular flexibility index (Phi) is 5.21. The van der Waals surface area contributed by atoms with Crippen molar-refractivity contribution in [1.29, 1.82) is 0 Å². The zero-order valence-corrected chi connectivity index (χ0v) is 11.4. The standard InChI is InChI=1S/C15H21NO3/c1-2-3-9-19-14-7-5-4-6-13(14)16-15(17)12-8-10-18-11-12/h4-7,12H,2-3,8-11H2,1H3,(H,16,17).